The minimum absolute atomic E-state index is 0.810. The van der Waals surface area contributed by atoms with Crippen LogP contribution in [0.3, 0.4) is 0 Å². The topological polar surface area (TPSA) is 173 Å². The minimum atomic E-state index is -4.42. The molecule has 0 saturated heterocycles. The molecule has 0 spiro atoms. The van der Waals surface area contributed by atoms with E-state index in [1.807, 2.05) is 0 Å². The molecule has 0 radical (unpaired) electrons. The van der Waals surface area contributed by atoms with Gasteiger partial charge in [-0.2, -0.15) is 8.42 Å². The summed E-state index contributed by atoms with van der Waals surface area (Å²) < 4.78 is 57.8. The van der Waals surface area contributed by atoms with Gasteiger partial charge in [-0.1, -0.05) is 9.05 Å². The Morgan fingerprint density at radius 2 is 1.56 bits per heavy atom. The molecule has 2 unspecified atom stereocenters. The minimum Gasteiger partial charge on any atom is -0.286 e. The van der Waals surface area contributed by atoms with Crippen LogP contribution in [0, 0.1) is 0 Å². The van der Waals surface area contributed by atoms with E-state index in [4.69, 9.17) is 20.1 Å². The van der Waals surface area contributed by atoms with Gasteiger partial charge in [0.2, 0.25) is 0 Å². The first-order valence-electron chi connectivity index (χ1n) is 3.49. The van der Waals surface area contributed by atoms with Crippen molar-refractivity contribution in [1.29, 1.82) is 0 Å². The third-order valence-corrected chi connectivity index (χ3v) is 2.82. The quantitative estimate of drug-likeness (QED) is 0.265. The van der Waals surface area contributed by atoms with Gasteiger partial charge in [-0.05, 0) is 0 Å². The first kappa shape index (κ1) is 15.9. The van der Waals surface area contributed by atoms with E-state index in [9.17, 15) is 17.5 Å². The highest BCUT2D eigenvalue weighted by molar-refractivity contribution is 7.85. The summed E-state index contributed by atoms with van der Waals surface area (Å²) in [5.41, 5.74) is 5.10. The van der Waals surface area contributed by atoms with E-state index in [2.05, 4.69) is 9.05 Å². The smallest absolute Gasteiger partial charge is 0.286 e. The fraction of sp³-hybridized carbons (Fsp3) is 1.00. The van der Waals surface area contributed by atoms with E-state index in [0.717, 1.165) is 0 Å². The van der Waals surface area contributed by atoms with Crippen LogP contribution in [0.15, 0.2) is 0 Å². The molecular formula is C3H9NO9P2S+2. The number of rotatable bonds is 7. The monoisotopic (exact) mass is 297 g/mol. The molecule has 0 aromatic heterocycles. The van der Waals surface area contributed by atoms with Gasteiger partial charge in [0.15, 0.2) is 0 Å². The Morgan fingerprint density at radius 3 is 1.81 bits per heavy atom. The van der Waals surface area contributed by atoms with Crippen molar-refractivity contribution in [3.05, 3.63) is 0 Å². The van der Waals surface area contributed by atoms with E-state index in [0.29, 0.717) is 0 Å². The summed E-state index contributed by atoms with van der Waals surface area (Å²) in [6, 6.07) is 0. The molecule has 0 amide bonds. The molecule has 94 valence electrons. The molecule has 0 aliphatic rings. The van der Waals surface area contributed by atoms with Gasteiger partial charge in [-0.25, -0.2) is 0 Å². The molecule has 2 atom stereocenters. The van der Waals surface area contributed by atoms with Crippen LogP contribution in [0.1, 0.15) is 6.42 Å². The standard InChI is InChI=1S/C3H7NO9P2S/c4-3(12-14(5)6,13-15(7)8)1-2-16(9,10)11/h1-2,4H2,(H-2,5,6,7,8,9,10,11)/p+2. The SMILES string of the molecule is NC(CCS(=O)(=O)O)(O[P+](=O)O)O[P+](=O)O. The zero-order valence-electron chi connectivity index (χ0n) is 7.59. The van der Waals surface area contributed by atoms with Gasteiger partial charge in [0.25, 0.3) is 10.1 Å². The van der Waals surface area contributed by atoms with Crippen LogP contribution in [0.4, 0.5) is 0 Å². The molecule has 13 heteroatoms. The molecule has 16 heavy (non-hydrogen) atoms. The first-order valence-corrected chi connectivity index (χ1v) is 7.36. The van der Waals surface area contributed by atoms with Crippen LogP contribution in [0.5, 0.6) is 0 Å². The van der Waals surface area contributed by atoms with Gasteiger partial charge in [0, 0.05) is 15.6 Å². The molecule has 0 aliphatic carbocycles. The zero-order chi connectivity index (χ0) is 13.0. The highest BCUT2D eigenvalue weighted by Crippen LogP contribution is 2.33. The van der Waals surface area contributed by atoms with Crippen LogP contribution >= 0.6 is 16.5 Å². The second-order valence-electron chi connectivity index (χ2n) is 2.51. The predicted molar refractivity (Wildman–Crippen MR) is 49.8 cm³/mol. The van der Waals surface area contributed by atoms with E-state index < -0.39 is 44.7 Å². The zero-order valence-corrected chi connectivity index (χ0v) is 10.2. The molecule has 10 nitrogen and oxygen atoms in total. The Bertz CT molecular complexity index is 362. The first-order chi connectivity index (χ1) is 7.04. The average Bonchev–Trinajstić information content (AvgIpc) is 1.96. The summed E-state index contributed by atoms with van der Waals surface area (Å²) in [5, 5.41) is 0. The lowest BCUT2D eigenvalue weighted by atomic mass is 10.4. The molecule has 0 rings (SSSR count). The van der Waals surface area contributed by atoms with Crippen molar-refractivity contribution in [2.75, 3.05) is 5.75 Å². The van der Waals surface area contributed by atoms with Gasteiger partial charge in [0.05, 0.1) is 5.75 Å². The fourth-order valence-corrected chi connectivity index (χ4v) is 2.03. The van der Waals surface area contributed by atoms with E-state index in [1.165, 1.54) is 0 Å². The maximum absolute atomic E-state index is 10.4. The van der Waals surface area contributed by atoms with Crippen LogP contribution in [-0.2, 0) is 28.3 Å². The van der Waals surface area contributed by atoms with Crippen LogP contribution in [-0.4, -0.2) is 34.4 Å². The molecule has 0 aromatic carbocycles. The fourth-order valence-electron chi connectivity index (χ4n) is 0.644. The second-order valence-corrected chi connectivity index (χ2v) is 5.39. The van der Waals surface area contributed by atoms with Crippen LogP contribution in [0.2, 0.25) is 0 Å². The average molecular weight is 297 g/mol. The van der Waals surface area contributed by atoms with Crippen molar-refractivity contribution in [2.24, 2.45) is 5.73 Å². The largest absolute Gasteiger partial charge is 0.699 e. The Morgan fingerprint density at radius 1 is 1.19 bits per heavy atom. The summed E-state index contributed by atoms with van der Waals surface area (Å²) >= 11 is 0. The van der Waals surface area contributed by atoms with Gasteiger partial charge in [-0.15, -0.1) is 9.79 Å². The Balaban J connectivity index is 4.65. The van der Waals surface area contributed by atoms with Crippen molar-refractivity contribution in [3.63, 3.8) is 0 Å². The summed E-state index contributed by atoms with van der Waals surface area (Å²) in [6.45, 7) is 0. The number of hydrogen-bond donors (Lipinski definition) is 4. The van der Waals surface area contributed by atoms with E-state index in [-0.39, 0.29) is 0 Å². The Hall–Kier alpha value is -0.0900. The van der Waals surface area contributed by atoms with Gasteiger partial charge >= 0.3 is 22.4 Å². The molecule has 0 fully saturated rings. The van der Waals surface area contributed by atoms with E-state index >= 15 is 0 Å². The molecule has 5 N–H and O–H groups in total. The molecule has 0 heterocycles. The predicted octanol–water partition coefficient (Wildman–Crippen LogP) is -0.791. The van der Waals surface area contributed by atoms with Crippen molar-refractivity contribution in [2.45, 2.75) is 12.3 Å². The summed E-state index contributed by atoms with van der Waals surface area (Å²) in [4.78, 5) is 16.7. The number of nitrogens with two attached hydrogens (primary N) is 1. The van der Waals surface area contributed by atoms with Crippen molar-refractivity contribution in [1.82, 2.24) is 0 Å². The lowest BCUT2D eigenvalue weighted by molar-refractivity contribution is -0.111. The van der Waals surface area contributed by atoms with Crippen molar-refractivity contribution in [3.8, 4) is 0 Å². The highest BCUT2D eigenvalue weighted by atomic mass is 32.2. The van der Waals surface area contributed by atoms with Gasteiger partial charge in [0.1, 0.15) is 0 Å². The maximum Gasteiger partial charge on any atom is 0.699 e. The Kier molecular flexibility index (Phi) is 5.98. The summed E-state index contributed by atoms with van der Waals surface area (Å²) in [6.07, 6.45) is -0.810. The van der Waals surface area contributed by atoms with Crippen molar-refractivity contribution >= 4 is 26.6 Å². The van der Waals surface area contributed by atoms with E-state index in [1.54, 1.807) is 0 Å². The van der Waals surface area contributed by atoms with Gasteiger partial charge < -0.3 is 0 Å². The third kappa shape index (κ3) is 8.11. The normalized spacial score (nSPS) is 17.8. The maximum atomic E-state index is 10.4. The van der Waals surface area contributed by atoms with Crippen LogP contribution < -0.4 is 5.73 Å². The molecule has 0 aliphatic heterocycles. The highest BCUT2D eigenvalue weighted by Gasteiger charge is 2.46. The molecule has 0 aromatic rings. The van der Waals surface area contributed by atoms with Crippen molar-refractivity contribution < 1.29 is 40.9 Å². The summed E-state index contributed by atoms with van der Waals surface area (Å²) in [5.74, 6) is -3.53. The third-order valence-electron chi connectivity index (χ3n) is 1.17. The van der Waals surface area contributed by atoms with Gasteiger partial charge in [-0.3, -0.25) is 10.3 Å². The molecule has 0 bridgehead atoms. The Labute approximate surface area is 92.0 Å². The lowest BCUT2D eigenvalue weighted by Gasteiger charge is -2.13. The lowest BCUT2D eigenvalue weighted by Crippen LogP contribution is -2.43. The van der Waals surface area contributed by atoms with Crippen LogP contribution in [0.25, 0.3) is 0 Å². The summed E-state index contributed by atoms with van der Waals surface area (Å²) in [7, 11) is -11.0. The molecular weight excluding hydrogens is 288 g/mol. The second kappa shape index (κ2) is 6.01. The molecule has 0 saturated carbocycles. The number of hydrogen-bond acceptors (Lipinski definition) is 7.